The number of hydrogen-bond acceptors (Lipinski definition) is 5. The number of anilines is 1. The van der Waals surface area contributed by atoms with Crippen LogP contribution in [0.4, 0.5) is 5.69 Å². The van der Waals surface area contributed by atoms with Gasteiger partial charge in [-0.25, -0.2) is 8.42 Å². The molecule has 130 valence electrons. The van der Waals surface area contributed by atoms with Crippen LogP contribution in [0.3, 0.4) is 0 Å². The topological polar surface area (TPSA) is 49.9 Å². The van der Waals surface area contributed by atoms with E-state index in [2.05, 4.69) is 11.8 Å². The third-order valence-electron chi connectivity index (χ3n) is 3.98. The Kier molecular flexibility index (Phi) is 5.05. The Labute approximate surface area is 151 Å². The van der Waals surface area contributed by atoms with Gasteiger partial charge in [-0.05, 0) is 31.2 Å². The summed E-state index contributed by atoms with van der Waals surface area (Å²) in [6.07, 6.45) is -0.227. The van der Waals surface area contributed by atoms with Crippen molar-refractivity contribution in [2.45, 2.75) is 17.2 Å². The van der Waals surface area contributed by atoms with Gasteiger partial charge in [0.25, 0.3) is 10.0 Å². The zero-order chi connectivity index (χ0) is 17.3. The fourth-order valence-electron chi connectivity index (χ4n) is 2.75. The minimum absolute atomic E-state index is 0.227. The average Bonchev–Trinajstić information content (AvgIpc) is 3.01. The Morgan fingerprint density at radius 1 is 1.33 bits per heavy atom. The van der Waals surface area contributed by atoms with Gasteiger partial charge in [-0.1, -0.05) is 23.7 Å². The average molecular weight is 387 g/mol. The summed E-state index contributed by atoms with van der Waals surface area (Å²) in [5.41, 5.74) is 1.05. The van der Waals surface area contributed by atoms with Gasteiger partial charge < -0.3 is 9.64 Å². The maximum atomic E-state index is 12.6. The van der Waals surface area contributed by atoms with E-state index in [9.17, 15) is 8.42 Å². The Morgan fingerprint density at radius 2 is 2.08 bits per heavy atom. The molecule has 1 aliphatic rings. The summed E-state index contributed by atoms with van der Waals surface area (Å²) in [6.45, 7) is 3.85. The van der Waals surface area contributed by atoms with Gasteiger partial charge in [0.2, 0.25) is 0 Å². The quantitative estimate of drug-likeness (QED) is 0.791. The molecule has 2 aromatic rings. The lowest BCUT2D eigenvalue weighted by Gasteiger charge is -2.36. The van der Waals surface area contributed by atoms with E-state index in [4.69, 9.17) is 16.3 Å². The molecule has 1 aromatic carbocycles. The number of para-hydroxylation sites is 2. The van der Waals surface area contributed by atoms with Crippen LogP contribution in [0.15, 0.2) is 40.6 Å². The summed E-state index contributed by atoms with van der Waals surface area (Å²) in [4.78, 5) is 2.20. The third kappa shape index (κ3) is 3.39. The van der Waals surface area contributed by atoms with Crippen molar-refractivity contribution >= 4 is 38.6 Å². The van der Waals surface area contributed by atoms with E-state index < -0.39 is 10.0 Å². The van der Waals surface area contributed by atoms with Gasteiger partial charge >= 0.3 is 0 Å². The first kappa shape index (κ1) is 17.5. The van der Waals surface area contributed by atoms with Crippen LogP contribution in [-0.2, 0) is 10.0 Å². The van der Waals surface area contributed by atoms with Crippen molar-refractivity contribution in [2.75, 3.05) is 31.6 Å². The number of benzene rings is 1. The standard InChI is InChI=1S/C16H19ClN2O3S2/c1-3-19-11-12(22-14-7-5-4-6-13(14)19)10-18(2)24(20,21)16-9-8-15(17)23-16/h4-9,12H,3,10-11H2,1-2H3. The van der Waals surface area contributed by atoms with E-state index in [0.717, 1.165) is 29.3 Å². The molecule has 1 atom stereocenters. The number of hydrogen-bond donors (Lipinski definition) is 0. The van der Waals surface area contributed by atoms with Gasteiger partial charge in [0.15, 0.2) is 0 Å². The maximum absolute atomic E-state index is 12.6. The Balaban J connectivity index is 1.77. The molecule has 0 saturated carbocycles. The molecular weight excluding hydrogens is 368 g/mol. The van der Waals surface area contributed by atoms with E-state index in [1.54, 1.807) is 13.1 Å². The van der Waals surface area contributed by atoms with E-state index in [1.807, 2.05) is 24.3 Å². The Morgan fingerprint density at radius 3 is 2.75 bits per heavy atom. The molecule has 0 spiro atoms. The number of likely N-dealkylation sites (N-methyl/N-ethyl adjacent to an activating group) is 2. The molecule has 1 unspecified atom stereocenters. The molecule has 8 heteroatoms. The third-order valence-corrected chi connectivity index (χ3v) is 7.50. The largest absolute Gasteiger partial charge is 0.485 e. The number of nitrogens with zero attached hydrogens (tertiary/aromatic N) is 2. The molecule has 0 radical (unpaired) electrons. The monoisotopic (exact) mass is 386 g/mol. The van der Waals surface area contributed by atoms with E-state index >= 15 is 0 Å². The minimum Gasteiger partial charge on any atom is -0.485 e. The van der Waals surface area contributed by atoms with Gasteiger partial charge in [0.05, 0.1) is 23.1 Å². The molecule has 1 aliphatic heterocycles. The van der Waals surface area contributed by atoms with Crippen molar-refractivity contribution in [1.29, 1.82) is 0 Å². The lowest BCUT2D eigenvalue weighted by Crippen LogP contribution is -2.46. The highest BCUT2D eigenvalue weighted by molar-refractivity contribution is 7.91. The van der Waals surface area contributed by atoms with Gasteiger partial charge in [-0.15, -0.1) is 11.3 Å². The maximum Gasteiger partial charge on any atom is 0.252 e. The normalized spacial score (nSPS) is 17.7. The van der Waals surface area contributed by atoms with Crippen LogP contribution >= 0.6 is 22.9 Å². The summed E-state index contributed by atoms with van der Waals surface area (Å²) in [5.74, 6) is 0.792. The predicted octanol–water partition coefficient (Wildman–Crippen LogP) is 3.31. The molecule has 0 bridgehead atoms. The first-order valence-corrected chi connectivity index (χ1v) is 10.3. The molecule has 2 heterocycles. The second kappa shape index (κ2) is 6.92. The molecule has 0 fully saturated rings. The molecular formula is C16H19ClN2O3S2. The van der Waals surface area contributed by atoms with Crippen molar-refractivity contribution < 1.29 is 13.2 Å². The second-order valence-electron chi connectivity index (χ2n) is 5.59. The Hall–Kier alpha value is -1.28. The minimum atomic E-state index is -3.55. The SMILES string of the molecule is CCN1CC(CN(C)S(=O)(=O)c2ccc(Cl)s2)Oc2ccccc21. The summed E-state index contributed by atoms with van der Waals surface area (Å²) in [7, 11) is -1.98. The summed E-state index contributed by atoms with van der Waals surface area (Å²) in [6, 6.07) is 11.0. The molecule has 0 aliphatic carbocycles. The number of ether oxygens (including phenoxy) is 1. The van der Waals surface area contributed by atoms with Gasteiger partial charge in [-0.3, -0.25) is 0 Å². The first-order valence-electron chi connectivity index (χ1n) is 7.64. The highest BCUT2D eigenvalue weighted by Crippen LogP contribution is 2.33. The van der Waals surface area contributed by atoms with Crippen molar-refractivity contribution in [3.05, 3.63) is 40.7 Å². The lowest BCUT2D eigenvalue weighted by molar-refractivity contribution is 0.171. The molecule has 0 amide bonds. The van der Waals surface area contributed by atoms with Crippen molar-refractivity contribution in [3.8, 4) is 5.75 Å². The lowest BCUT2D eigenvalue weighted by atomic mass is 10.2. The number of halogens is 1. The van der Waals surface area contributed by atoms with Crippen molar-refractivity contribution in [2.24, 2.45) is 0 Å². The van der Waals surface area contributed by atoms with Gasteiger partial charge in [0.1, 0.15) is 16.1 Å². The van der Waals surface area contributed by atoms with E-state index in [-0.39, 0.29) is 16.9 Å². The number of fused-ring (bicyclic) bond motifs is 1. The number of sulfonamides is 1. The Bertz CT molecular complexity index is 822. The number of thiophene rings is 1. The van der Waals surface area contributed by atoms with Crippen LogP contribution < -0.4 is 9.64 Å². The zero-order valence-electron chi connectivity index (χ0n) is 13.5. The smallest absolute Gasteiger partial charge is 0.252 e. The zero-order valence-corrected chi connectivity index (χ0v) is 15.9. The van der Waals surface area contributed by atoms with Crippen molar-refractivity contribution in [3.63, 3.8) is 0 Å². The fraction of sp³-hybridized carbons (Fsp3) is 0.375. The highest BCUT2D eigenvalue weighted by atomic mass is 35.5. The molecule has 5 nitrogen and oxygen atoms in total. The van der Waals surface area contributed by atoms with Crippen molar-refractivity contribution in [1.82, 2.24) is 4.31 Å². The first-order chi connectivity index (χ1) is 11.4. The van der Waals surface area contributed by atoms with Gasteiger partial charge in [-0.2, -0.15) is 4.31 Å². The molecule has 1 aromatic heterocycles. The summed E-state index contributed by atoms with van der Waals surface area (Å²) >= 11 is 6.92. The molecule has 24 heavy (non-hydrogen) atoms. The summed E-state index contributed by atoms with van der Waals surface area (Å²) in [5, 5.41) is 0. The van der Waals surface area contributed by atoms with E-state index in [1.165, 1.54) is 10.4 Å². The van der Waals surface area contributed by atoms with Crippen LogP contribution in [0, 0.1) is 0 Å². The van der Waals surface area contributed by atoms with Crippen LogP contribution in [0.5, 0.6) is 5.75 Å². The number of rotatable bonds is 5. The van der Waals surface area contributed by atoms with Gasteiger partial charge in [0, 0.05) is 13.6 Å². The van der Waals surface area contributed by atoms with Crippen LogP contribution in [0.25, 0.3) is 0 Å². The summed E-state index contributed by atoms with van der Waals surface area (Å²) < 4.78 is 33.3. The van der Waals surface area contributed by atoms with Crippen LogP contribution in [0.1, 0.15) is 6.92 Å². The van der Waals surface area contributed by atoms with Crippen LogP contribution in [0.2, 0.25) is 4.34 Å². The molecule has 0 N–H and O–H groups in total. The second-order valence-corrected chi connectivity index (χ2v) is 9.58. The molecule has 3 rings (SSSR count). The molecule has 0 saturated heterocycles. The van der Waals surface area contributed by atoms with E-state index in [0.29, 0.717) is 10.9 Å². The fourth-order valence-corrected chi connectivity index (χ4v) is 5.64. The highest BCUT2D eigenvalue weighted by Gasteiger charge is 2.30. The van der Waals surface area contributed by atoms with Crippen LogP contribution in [-0.4, -0.2) is 45.5 Å². The predicted molar refractivity (Wildman–Crippen MR) is 97.9 cm³/mol.